The molecule has 0 fully saturated rings. The first-order valence-electron chi connectivity index (χ1n) is 8.86. The van der Waals surface area contributed by atoms with Crippen molar-refractivity contribution in [3.63, 3.8) is 0 Å². The Morgan fingerprint density at radius 2 is 1.88 bits per heavy atom. The third-order valence-corrected chi connectivity index (χ3v) is 5.05. The minimum absolute atomic E-state index is 0.242. The summed E-state index contributed by atoms with van der Waals surface area (Å²) in [5.74, 6) is 0.242. The maximum atomic E-state index is 9.57. The van der Waals surface area contributed by atoms with Crippen molar-refractivity contribution in [3.05, 3.63) is 65.4 Å². The highest BCUT2D eigenvalue weighted by Gasteiger charge is 2.20. The highest BCUT2D eigenvalue weighted by molar-refractivity contribution is 6.09. The Balaban J connectivity index is 2.14. The van der Waals surface area contributed by atoms with Crippen LogP contribution >= 0.6 is 0 Å². The van der Waals surface area contributed by atoms with Gasteiger partial charge < -0.3 is 4.42 Å². The molecule has 4 rings (SSSR count). The van der Waals surface area contributed by atoms with E-state index in [-0.39, 0.29) is 5.92 Å². The van der Waals surface area contributed by atoms with E-state index in [1.54, 1.807) is 0 Å². The number of pyridine rings is 1. The average molecular weight is 341 g/mol. The molecule has 3 nitrogen and oxygen atoms in total. The zero-order chi connectivity index (χ0) is 18.4. The number of rotatable bonds is 2. The van der Waals surface area contributed by atoms with Crippen molar-refractivity contribution < 1.29 is 8.98 Å². The van der Waals surface area contributed by atoms with E-state index in [2.05, 4.69) is 68.9 Å². The Morgan fingerprint density at radius 1 is 1.08 bits per heavy atom. The van der Waals surface area contributed by atoms with E-state index in [9.17, 15) is 5.26 Å². The number of nitrogens with zero attached hydrogens (tertiary/aromatic N) is 2. The standard InChI is InChI=1S/C23H21N2O/c1-14(2)22-16(13-24)8-9-20-23(22)18-12-17(15(3)11-21(18)26-20)19-7-5-6-10-25(19)4/h5-12,14H,1-4H3/q+1. The Morgan fingerprint density at radius 3 is 2.58 bits per heavy atom. The lowest BCUT2D eigenvalue weighted by molar-refractivity contribution is -0.660. The lowest BCUT2D eigenvalue weighted by Crippen LogP contribution is -2.30. The van der Waals surface area contributed by atoms with E-state index in [0.29, 0.717) is 0 Å². The Hall–Kier alpha value is -3.12. The van der Waals surface area contributed by atoms with Gasteiger partial charge in [-0.05, 0) is 54.3 Å². The predicted octanol–water partition coefficient (Wildman–Crippen LogP) is 5.38. The SMILES string of the molecule is Cc1cc2oc3ccc(C#N)c(C(C)C)c3c2cc1-c1cccc[n+]1C. The molecule has 0 amide bonds. The van der Waals surface area contributed by atoms with Crippen molar-refractivity contribution >= 4 is 21.9 Å². The number of aryl methyl sites for hydroxylation is 2. The van der Waals surface area contributed by atoms with Gasteiger partial charge in [-0.15, -0.1) is 0 Å². The first-order valence-corrected chi connectivity index (χ1v) is 8.86. The van der Waals surface area contributed by atoms with Crippen molar-refractivity contribution in [2.24, 2.45) is 7.05 Å². The second-order valence-corrected chi connectivity index (χ2v) is 7.13. The second-order valence-electron chi connectivity index (χ2n) is 7.13. The predicted molar refractivity (Wildman–Crippen MR) is 104 cm³/mol. The van der Waals surface area contributed by atoms with Crippen molar-refractivity contribution in [2.45, 2.75) is 26.7 Å². The number of furan rings is 1. The van der Waals surface area contributed by atoms with Gasteiger partial charge in [0.15, 0.2) is 6.20 Å². The summed E-state index contributed by atoms with van der Waals surface area (Å²) < 4.78 is 8.25. The molecular weight excluding hydrogens is 320 g/mol. The first-order chi connectivity index (χ1) is 12.5. The van der Waals surface area contributed by atoms with Gasteiger partial charge in [0.25, 0.3) is 0 Å². The maximum Gasteiger partial charge on any atom is 0.212 e. The molecule has 0 atom stereocenters. The van der Waals surface area contributed by atoms with Gasteiger partial charge in [0.1, 0.15) is 18.2 Å². The zero-order valence-electron chi connectivity index (χ0n) is 15.5. The highest BCUT2D eigenvalue weighted by atomic mass is 16.3. The summed E-state index contributed by atoms with van der Waals surface area (Å²) in [4.78, 5) is 0. The van der Waals surface area contributed by atoms with Crippen LogP contribution in [-0.4, -0.2) is 0 Å². The molecule has 0 saturated heterocycles. The minimum atomic E-state index is 0.242. The van der Waals surface area contributed by atoms with Crippen LogP contribution < -0.4 is 4.57 Å². The third kappa shape index (κ3) is 2.38. The summed E-state index contributed by atoms with van der Waals surface area (Å²) >= 11 is 0. The number of hydrogen-bond donors (Lipinski definition) is 0. The van der Waals surface area contributed by atoms with Crippen molar-refractivity contribution in [1.29, 1.82) is 5.26 Å². The molecule has 4 aromatic rings. The van der Waals surface area contributed by atoms with E-state index in [1.165, 1.54) is 11.1 Å². The number of aromatic nitrogens is 1. The summed E-state index contributed by atoms with van der Waals surface area (Å²) in [5, 5.41) is 11.7. The van der Waals surface area contributed by atoms with Gasteiger partial charge in [-0.3, -0.25) is 0 Å². The van der Waals surface area contributed by atoms with Gasteiger partial charge in [0, 0.05) is 28.5 Å². The highest BCUT2D eigenvalue weighted by Crippen LogP contribution is 2.39. The number of hydrogen-bond acceptors (Lipinski definition) is 2. The Bertz CT molecular complexity index is 1190. The smallest absolute Gasteiger partial charge is 0.212 e. The fraction of sp³-hybridized carbons (Fsp3) is 0.217. The summed E-state index contributed by atoms with van der Waals surface area (Å²) in [5.41, 5.74) is 7.02. The molecule has 26 heavy (non-hydrogen) atoms. The maximum absolute atomic E-state index is 9.57. The van der Waals surface area contributed by atoms with Gasteiger partial charge in [-0.25, -0.2) is 4.57 Å². The number of nitriles is 1. The van der Waals surface area contributed by atoms with Gasteiger partial charge in [0.05, 0.1) is 11.6 Å². The van der Waals surface area contributed by atoms with Gasteiger partial charge >= 0.3 is 0 Å². The van der Waals surface area contributed by atoms with Crippen molar-refractivity contribution in [2.75, 3.05) is 0 Å². The molecule has 0 aliphatic heterocycles. The summed E-state index contributed by atoms with van der Waals surface area (Å²) in [6.07, 6.45) is 2.06. The Labute approximate surface area is 153 Å². The molecular formula is C23H21N2O+. The van der Waals surface area contributed by atoms with Crippen LogP contribution in [0.5, 0.6) is 0 Å². The van der Waals surface area contributed by atoms with Gasteiger partial charge in [-0.2, -0.15) is 5.26 Å². The van der Waals surface area contributed by atoms with Crippen LogP contribution in [0, 0.1) is 18.3 Å². The second kappa shape index (κ2) is 6.00. The minimum Gasteiger partial charge on any atom is -0.456 e. The van der Waals surface area contributed by atoms with Crippen LogP contribution in [0.4, 0.5) is 0 Å². The zero-order valence-corrected chi connectivity index (χ0v) is 15.5. The first kappa shape index (κ1) is 16.4. The molecule has 0 aliphatic carbocycles. The molecule has 128 valence electrons. The summed E-state index contributed by atoms with van der Waals surface area (Å²) in [7, 11) is 2.06. The van der Waals surface area contributed by atoms with Crippen LogP contribution in [0.3, 0.4) is 0 Å². The van der Waals surface area contributed by atoms with E-state index in [1.807, 2.05) is 18.2 Å². The van der Waals surface area contributed by atoms with Crippen LogP contribution in [0.15, 0.2) is 53.1 Å². The van der Waals surface area contributed by atoms with Crippen LogP contribution in [-0.2, 0) is 7.05 Å². The summed E-state index contributed by atoms with van der Waals surface area (Å²) in [6, 6.07) is 16.6. The fourth-order valence-electron chi connectivity index (χ4n) is 3.82. The molecule has 0 spiro atoms. The van der Waals surface area contributed by atoms with Crippen LogP contribution in [0.1, 0.15) is 36.5 Å². The molecule has 2 aromatic carbocycles. The monoisotopic (exact) mass is 341 g/mol. The van der Waals surface area contributed by atoms with Crippen LogP contribution in [0.2, 0.25) is 0 Å². The number of benzene rings is 2. The lowest BCUT2D eigenvalue weighted by Gasteiger charge is -2.10. The molecule has 0 bridgehead atoms. The lowest BCUT2D eigenvalue weighted by atomic mass is 9.91. The van der Waals surface area contributed by atoms with E-state index in [0.717, 1.165) is 38.8 Å². The number of fused-ring (bicyclic) bond motifs is 3. The molecule has 0 N–H and O–H groups in total. The Kier molecular flexibility index (Phi) is 3.77. The third-order valence-electron chi connectivity index (χ3n) is 5.05. The van der Waals surface area contributed by atoms with Crippen LogP contribution in [0.25, 0.3) is 33.2 Å². The molecule has 3 heteroatoms. The molecule has 0 radical (unpaired) electrons. The fourth-order valence-corrected chi connectivity index (χ4v) is 3.82. The normalized spacial score (nSPS) is 11.4. The van der Waals surface area contributed by atoms with Crippen molar-refractivity contribution in [3.8, 4) is 17.3 Å². The molecule has 2 heterocycles. The van der Waals surface area contributed by atoms with Gasteiger partial charge in [0.2, 0.25) is 5.69 Å². The summed E-state index contributed by atoms with van der Waals surface area (Å²) in [6.45, 7) is 6.36. The van der Waals surface area contributed by atoms with E-state index >= 15 is 0 Å². The van der Waals surface area contributed by atoms with E-state index < -0.39 is 0 Å². The largest absolute Gasteiger partial charge is 0.456 e. The van der Waals surface area contributed by atoms with Crippen molar-refractivity contribution in [1.82, 2.24) is 0 Å². The molecule has 0 saturated carbocycles. The topological polar surface area (TPSA) is 40.8 Å². The van der Waals surface area contributed by atoms with Gasteiger partial charge in [-0.1, -0.05) is 13.8 Å². The molecule has 0 unspecified atom stereocenters. The average Bonchev–Trinajstić information content (AvgIpc) is 2.97. The quantitative estimate of drug-likeness (QED) is 0.459. The molecule has 0 aliphatic rings. The molecule has 2 aromatic heterocycles. The van der Waals surface area contributed by atoms with E-state index in [4.69, 9.17) is 4.42 Å².